The Morgan fingerprint density at radius 3 is 2.27 bits per heavy atom. The highest BCUT2D eigenvalue weighted by atomic mass is 32.2. The standard InChI is InChI=1S/C16H26N2O3S/c1-4-16(5-2,10-11-19)12-17-15(20)18-13-6-8-14(9-7-13)22(3)21/h6-9,19H,4-5,10-12H2,1-3H3,(H2,17,18,20). The van der Waals surface area contributed by atoms with Crippen LogP contribution in [-0.2, 0) is 10.8 Å². The summed E-state index contributed by atoms with van der Waals surface area (Å²) in [6.45, 7) is 4.80. The molecule has 0 bridgehead atoms. The second-order valence-electron chi connectivity index (χ2n) is 5.47. The average Bonchev–Trinajstić information content (AvgIpc) is 2.52. The molecule has 6 heteroatoms. The minimum absolute atomic E-state index is 0.0605. The van der Waals surface area contributed by atoms with Crippen LogP contribution in [0.15, 0.2) is 29.2 Å². The lowest BCUT2D eigenvalue weighted by Gasteiger charge is -2.31. The quantitative estimate of drug-likeness (QED) is 0.687. The molecule has 1 aromatic carbocycles. The number of urea groups is 1. The van der Waals surface area contributed by atoms with E-state index in [1.165, 1.54) is 0 Å². The van der Waals surface area contributed by atoms with Gasteiger partial charge in [-0.05, 0) is 48.9 Å². The van der Waals surface area contributed by atoms with Gasteiger partial charge >= 0.3 is 6.03 Å². The molecule has 0 heterocycles. The van der Waals surface area contributed by atoms with Crippen molar-refractivity contribution in [2.45, 2.75) is 38.0 Å². The van der Waals surface area contributed by atoms with E-state index in [2.05, 4.69) is 24.5 Å². The number of benzene rings is 1. The van der Waals surface area contributed by atoms with Crippen LogP contribution in [0.25, 0.3) is 0 Å². The highest BCUT2D eigenvalue weighted by Crippen LogP contribution is 2.29. The van der Waals surface area contributed by atoms with Gasteiger partial charge in [0.2, 0.25) is 0 Å². The lowest BCUT2D eigenvalue weighted by Crippen LogP contribution is -2.39. The van der Waals surface area contributed by atoms with Crippen LogP contribution in [0.2, 0.25) is 0 Å². The van der Waals surface area contributed by atoms with Crippen LogP contribution in [-0.4, -0.2) is 34.8 Å². The first-order valence-electron chi connectivity index (χ1n) is 7.55. The van der Waals surface area contributed by atoms with Crippen LogP contribution in [0.1, 0.15) is 33.1 Å². The van der Waals surface area contributed by atoms with Gasteiger partial charge in [-0.1, -0.05) is 13.8 Å². The maximum Gasteiger partial charge on any atom is 0.319 e. The van der Waals surface area contributed by atoms with Crippen molar-refractivity contribution in [3.05, 3.63) is 24.3 Å². The predicted molar refractivity (Wildman–Crippen MR) is 90.5 cm³/mol. The Morgan fingerprint density at radius 2 is 1.82 bits per heavy atom. The van der Waals surface area contributed by atoms with Crippen molar-refractivity contribution in [1.82, 2.24) is 5.32 Å². The molecule has 0 spiro atoms. The van der Waals surface area contributed by atoms with Gasteiger partial charge in [0.15, 0.2) is 0 Å². The van der Waals surface area contributed by atoms with Crippen molar-refractivity contribution in [2.24, 2.45) is 5.41 Å². The van der Waals surface area contributed by atoms with Crippen molar-refractivity contribution in [3.63, 3.8) is 0 Å². The molecule has 3 N–H and O–H groups in total. The third-order valence-electron chi connectivity index (χ3n) is 4.21. The summed E-state index contributed by atoms with van der Waals surface area (Å²) in [6.07, 6.45) is 4.10. The Morgan fingerprint density at radius 1 is 1.23 bits per heavy atom. The molecule has 0 saturated heterocycles. The van der Waals surface area contributed by atoms with Gasteiger partial charge in [0.05, 0.1) is 0 Å². The van der Waals surface area contributed by atoms with E-state index in [0.29, 0.717) is 18.7 Å². The van der Waals surface area contributed by atoms with Crippen molar-refractivity contribution in [1.29, 1.82) is 0 Å². The highest BCUT2D eigenvalue weighted by Gasteiger charge is 2.26. The van der Waals surface area contributed by atoms with E-state index in [1.54, 1.807) is 30.5 Å². The fourth-order valence-electron chi connectivity index (χ4n) is 2.35. The first-order chi connectivity index (χ1) is 10.5. The fourth-order valence-corrected chi connectivity index (χ4v) is 2.87. The molecule has 0 saturated carbocycles. The minimum atomic E-state index is -1.02. The molecule has 1 unspecified atom stereocenters. The summed E-state index contributed by atoms with van der Waals surface area (Å²) in [6, 6.07) is 6.67. The largest absolute Gasteiger partial charge is 0.396 e. The minimum Gasteiger partial charge on any atom is -0.396 e. The number of nitrogens with one attached hydrogen (secondary N) is 2. The number of carbonyl (C=O) groups excluding carboxylic acids is 1. The van der Waals surface area contributed by atoms with Gasteiger partial charge in [-0.2, -0.15) is 0 Å². The van der Waals surface area contributed by atoms with Crippen LogP contribution in [0.3, 0.4) is 0 Å². The molecule has 0 radical (unpaired) electrons. The SMILES string of the molecule is CCC(CC)(CCO)CNC(=O)Nc1ccc(S(C)=O)cc1. The van der Waals surface area contributed by atoms with Gasteiger partial charge in [0, 0.05) is 40.8 Å². The van der Waals surface area contributed by atoms with Crippen molar-refractivity contribution in [2.75, 3.05) is 24.7 Å². The first-order valence-corrected chi connectivity index (χ1v) is 9.11. The molecular weight excluding hydrogens is 300 g/mol. The van der Waals surface area contributed by atoms with Crippen LogP contribution in [0, 0.1) is 5.41 Å². The molecule has 124 valence electrons. The Kier molecular flexibility index (Phi) is 7.55. The zero-order chi connectivity index (χ0) is 16.6. The zero-order valence-electron chi connectivity index (χ0n) is 13.5. The Balaban J connectivity index is 2.56. The van der Waals surface area contributed by atoms with Gasteiger partial charge < -0.3 is 15.7 Å². The van der Waals surface area contributed by atoms with E-state index in [4.69, 9.17) is 0 Å². The van der Waals surface area contributed by atoms with Crippen molar-refractivity contribution >= 4 is 22.5 Å². The Bertz CT molecular complexity index is 499. The molecule has 0 aromatic heterocycles. The summed E-state index contributed by atoms with van der Waals surface area (Å²) in [5, 5.41) is 14.8. The molecule has 5 nitrogen and oxygen atoms in total. The van der Waals surface area contributed by atoms with Crippen LogP contribution < -0.4 is 10.6 Å². The topological polar surface area (TPSA) is 78.4 Å². The number of carbonyl (C=O) groups is 1. The highest BCUT2D eigenvalue weighted by molar-refractivity contribution is 7.84. The molecule has 1 rings (SSSR count). The van der Waals surface area contributed by atoms with Crippen LogP contribution in [0.5, 0.6) is 0 Å². The maximum atomic E-state index is 12.0. The molecule has 0 aliphatic rings. The molecule has 0 aliphatic heterocycles. The predicted octanol–water partition coefficient (Wildman–Crippen LogP) is 2.73. The molecule has 0 fully saturated rings. The van der Waals surface area contributed by atoms with Gasteiger partial charge in [0.1, 0.15) is 0 Å². The lowest BCUT2D eigenvalue weighted by atomic mass is 9.79. The van der Waals surface area contributed by atoms with Gasteiger partial charge in [-0.15, -0.1) is 0 Å². The summed E-state index contributed by atoms with van der Waals surface area (Å²) in [5.41, 5.74) is 0.599. The zero-order valence-corrected chi connectivity index (χ0v) is 14.3. The van der Waals surface area contributed by atoms with E-state index in [9.17, 15) is 14.1 Å². The molecule has 22 heavy (non-hydrogen) atoms. The molecule has 1 aromatic rings. The van der Waals surface area contributed by atoms with Crippen molar-refractivity contribution in [3.8, 4) is 0 Å². The lowest BCUT2D eigenvalue weighted by molar-refractivity contribution is 0.165. The number of hydrogen-bond donors (Lipinski definition) is 3. The normalized spacial score (nSPS) is 12.7. The summed E-state index contributed by atoms with van der Waals surface area (Å²) in [4.78, 5) is 12.7. The maximum absolute atomic E-state index is 12.0. The van der Waals surface area contributed by atoms with Gasteiger partial charge in [-0.25, -0.2) is 4.79 Å². The molecule has 0 aliphatic carbocycles. The average molecular weight is 326 g/mol. The number of aliphatic hydroxyl groups is 1. The number of aliphatic hydroxyl groups excluding tert-OH is 1. The molecule has 1 atom stereocenters. The summed E-state index contributed by atoms with van der Waals surface area (Å²) < 4.78 is 11.3. The second kappa shape index (κ2) is 8.90. The molecular formula is C16H26N2O3S. The van der Waals surface area contributed by atoms with E-state index in [1.807, 2.05) is 0 Å². The monoisotopic (exact) mass is 326 g/mol. The fraction of sp³-hybridized carbons (Fsp3) is 0.562. The van der Waals surface area contributed by atoms with Crippen LogP contribution >= 0.6 is 0 Å². The van der Waals surface area contributed by atoms with Gasteiger partial charge in [0.25, 0.3) is 0 Å². The number of anilines is 1. The van der Waals surface area contributed by atoms with Crippen molar-refractivity contribution < 1.29 is 14.1 Å². The Labute approximate surface area is 135 Å². The summed E-state index contributed by atoms with van der Waals surface area (Å²) in [5.74, 6) is 0. The third kappa shape index (κ3) is 5.42. The number of hydrogen-bond acceptors (Lipinski definition) is 3. The molecule has 2 amide bonds. The number of rotatable bonds is 8. The second-order valence-corrected chi connectivity index (χ2v) is 6.85. The smallest absolute Gasteiger partial charge is 0.319 e. The van der Waals surface area contributed by atoms with E-state index in [-0.39, 0.29) is 18.1 Å². The third-order valence-corrected chi connectivity index (χ3v) is 5.15. The van der Waals surface area contributed by atoms with Crippen LogP contribution in [0.4, 0.5) is 10.5 Å². The van der Waals surface area contributed by atoms with E-state index >= 15 is 0 Å². The summed E-state index contributed by atoms with van der Waals surface area (Å²) >= 11 is 0. The first kappa shape index (κ1) is 18.6. The summed E-state index contributed by atoms with van der Waals surface area (Å²) in [7, 11) is -1.02. The van der Waals surface area contributed by atoms with E-state index < -0.39 is 10.8 Å². The number of amides is 2. The van der Waals surface area contributed by atoms with E-state index in [0.717, 1.165) is 17.7 Å². The Hall–Kier alpha value is -1.40. The van der Waals surface area contributed by atoms with Gasteiger partial charge in [-0.3, -0.25) is 4.21 Å².